The van der Waals surface area contributed by atoms with Gasteiger partial charge in [-0.15, -0.1) is 0 Å². The van der Waals surface area contributed by atoms with Crippen molar-refractivity contribution < 1.29 is 14.3 Å². The van der Waals surface area contributed by atoms with Gasteiger partial charge in [-0.05, 0) is 32.9 Å². The van der Waals surface area contributed by atoms with Crippen LogP contribution in [0.15, 0.2) is 22.8 Å². The Morgan fingerprint density at radius 1 is 1.37 bits per heavy atom. The Balaban J connectivity index is 2.53. The average Bonchev–Trinajstić information content (AvgIpc) is 2.69. The van der Waals surface area contributed by atoms with E-state index in [-0.39, 0.29) is 0 Å². The number of aromatic nitrogens is 2. The molecule has 0 bridgehead atoms. The SMILES string of the molecule is COc1cc(Br)cc2cnn(C(=O)OC(C)(C)C)c12. The van der Waals surface area contributed by atoms with Gasteiger partial charge >= 0.3 is 6.09 Å². The topological polar surface area (TPSA) is 53.4 Å². The summed E-state index contributed by atoms with van der Waals surface area (Å²) >= 11 is 3.39. The molecule has 0 N–H and O–H groups in total. The normalized spacial score (nSPS) is 11.6. The molecule has 6 heteroatoms. The van der Waals surface area contributed by atoms with Crippen LogP contribution in [-0.4, -0.2) is 28.6 Å². The lowest BCUT2D eigenvalue weighted by atomic mass is 10.2. The lowest BCUT2D eigenvalue weighted by Gasteiger charge is -2.19. The molecule has 1 heterocycles. The molecule has 0 atom stereocenters. The maximum Gasteiger partial charge on any atom is 0.435 e. The minimum Gasteiger partial charge on any atom is -0.494 e. The summed E-state index contributed by atoms with van der Waals surface area (Å²) in [5, 5.41) is 4.87. The van der Waals surface area contributed by atoms with Crippen LogP contribution in [0, 0.1) is 0 Å². The summed E-state index contributed by atoms with van der Waals surface area (Å²) in [5.41, 5.74) is 0.0257. The van der Waals surface area contributed by atoms with Gasteiger partial charge in [0.1, 0.15) is 16.9 Å². The zero-order valence-electron chi connectivity index (χ0n) is 11.2. The number of carbonyl (C=O) groups is 1. The first-order valence-corrected chi connectivity index (χ1v) is 6.56. The van der Waals surface area contributed by atoms with Crippen molar-refractivity contribution in [3.8, 4) is 5.75 Å². The Hall–Kier alpha value is -1.56. The fraction of sp³-hybridized carbons (Fsp3) is 0.385. The fourth-order valence-corrected chi connectivity index (χ4v) is 2.15. The van der Waals surface area contributed by atoms with Crippen molar-refractivity contribution in [2.45, 2.75) is 26.4 Å². The van der Waals surface area contributed by atoms with Crippen LogP contribution in [0.5, 0.6) is 5.75 Å². The van der Waals surface area contributed by atoms with E-state index in [9.17, 15) is 4.79 Å². The van der Waals surface area contributed by atoms with Crippen molar-refractivity contribution in [2.75, 3.05) is 7.11 Å². The van der Waals surface area contributed by atoms with E-state index in [1.165, 1.54) is 4.68 Å². The molecule has 19 heavy (non-hydrogen) atoms. The molecule has 5 nitrogen and oxygen atoms in total. The van der Waals surface area contributed by atoms with Crippen molar-refractivity contribution in [3.05, 3.63) is 22.8 Å². The van der Waals surface area contributed by atoms with Crippen LogP contribution in [0.1, 0.15) is 20.8 Å². The second-order valence-corrected chi connectivity index (χ2v) is 6.00. The minimum absolute atomic E-state index is 0.525. The molecule has 0 spiro atoms. The summed E-state index contributed by atoms with van der Waals surface area (Å²) in [4.78, 5) is 12.1. The second-order valence-electron chi connectivity index (χ2n) is 5.08. The quantitative estimate of drug-likeness (QED) is 0.803. The molecule has 1 aromatic carbocycles. The highest BCUT2D eigenvalue weighted by atomic mass is 79.9. The first-order chi connectivity index (χ1) is 8.81. The third-order valence-electron chi connectivity index (χ3n) is 2.38. The molecular weight excluding hydrogens is 312 g/mol. The number of rotatable bonds is 1. The Kier molecular flexibility index (Phi) is 3.54. The van der Waals surface area contributed by atoms with Crippen molar-refractivity contribution >= 4 is 32.9 Å². The largest absolute Gasteiger partial charge is 0.494 e. The Bertz CT molecular complexity index is 629. The molecule has 0 fully saturated rings. The van der Waals surface area contributed by atoms with Gasteiger partial charge in [0.05, 0.1) is 13.3 Å². The van der Waals surface area contributed by atoms with E-state index in [4.69, 9.17) is 9.47 Å². The summed E-state index contributed by atoms with van der Waals surface area (Å²) in [6.45, 7) is 5.43. The van der Waals surface area contributed by atoms with Crippen LogP contribution in [-0.2, 0) is 4.74 Å². The molecule has 2 aromatic rings. The first-order valence-electron chi connectivity index (χ1n) is 5.76. The summed E-state index contributed by atoms with van der Waals surface area (Å²) < 4.78 is 12.7. The summed E-state index contributed by atoms with van der Waals surface area (Å²) in [7, 11) is 1.55. The third-order valence-corrected chi connectivity index (χ3v) is 2.84. The van der Waals surface area contributed by atoms with E-state index in [1.807, 2.05) is 26.8 Å². The Labute approximate surface area is 119 Å². The highest BCUT2D eigenvalue weighted by Gasteiger charge is 2.21. The second kappa shape index (κ2) is 4.85. The molecular formula is C13H15BrN2O3. The van der Waals surface area contributed by atoms with Gasteiger partial charge in [0.2, 0.25) is 0 Å². The van der Waals surface area contributed by atoms with E-state index in [0.29, 0.717) is 11.3 Å². The van der Waals surface area contributed by atoms with Gasteiger partial charge in [-0.3, -0.25) is 0 Å². The predicted molar refractivity (Wildman–Crippen MR) is 75.6 cm³/mol. The van der Waals surface area contributed by atoms with E-state index >= 15 is 0 Å². The molecule has 0 saturated heterocycles. The van der Waals surface area contributed by atoms with Gasteiger partial charge in [-0.2, -0.15) is 9.78 Å². The zero-order valence-corrected chi connectivity index (χ0v) is 12.8. The Morgan fingerprint density at radius 2 is 2.05 bits per heavy atom. The summed E-state index contributed by atoms with van der Waals surface area (Å²) in [5.74, 6) is 0.563. The molecule has 0 radical (unpaired) electrons. The van der Waals surface area contributed by atoms with Crippen LogP contribution in [0.2, 0.25) is 0 Å². The molecule has 0 aliphatic heterocycles. The van der Waals surface area contributed by atoms with Crippen molar-refractivity contribution in [1.29, 1.82) is 0 Å². The molecule has 0 aliphatic carbocycles. The maximum atomic E-state index is 12.1. The maximum absolute atomic E-state index is 12.1. The Morgan fingerprint density at radius 3 is 2.63 bits per heavy atom. The van der Waals surface area contributed by atoms with E-state index in [1.54, 1.807) is 19.4 Å². The van der Waals surface area contributed by atoms with E-state index in [0.717, 1.165) is 9.86 Å². The average molecular weight is 327 g/mol. The lowest BCUT2D eigenvalue weighted by molar-refractivity contribution is 0.0522. The first kappa shape index (κ1) is 13.9. The van der Waals surface area contributed by atoms with Gasteiger partial charge in [0.15, 0.2) is 0 Å². The third kappa shape index (κ3) is 2.89. The van der Waals surface area contributed by atoms with Crippen molar-refractivity contribution in [2.24, 2.45) is 0 Å². The monoisotopic (exact) mass is 326 g/mol. The molecule has 102 valence electrons. The van der Waals surface area contributed by atoms with Gasteiger partial charge < -0.3 is 9.47 Å². The van der Waals surface area contributed by atoms with Gasteiger partial charge in [0.25, 0.3) is 0 Å². The summed E-state index contributed by atoms with van der Waals surface area (Å²) in [6.07, 6.45) is 1.08. The smallest absolute Gasteiger partial charge is 0.435 e. The van der Waals surface area contributed by atoms with Gasteiger partial charge in [-0.1, -0.05) is 15.9 Å². The van der Waals surface area contributed by atoms with E-state index < -0.39 is 11.7 Å². The number of benzene rings is 1. The fourth-order valence-electron chi connectivity index (χ4n) is 1.70. The molecule has 0 unspecified atom stereocenters. The zero-order chi connectivity index (χ0) is 14.2. The number of fused-ring (bicyclic) bond motifs is 1. The van der Waals surface area contributed by atoms with Crippen LogP contribution >= 0.6 is 15.9 Å². The van der Waals surface area contributed by atoms with Crippen molar-refractivity contribution in [1.82, 2.24) is 9.78 Å². The molecule has 2 rings (SSSR count). The molecule has 1 aromatic heterocycles. The summed E-state index contributed by atoms with van der Waals surface area (Å²) in [6, 6.07) is 3.65. The standard InChI is InChI=1S/C13H15BrN2O3/c1-13(2,3)19-12(17)16-11-8(7-15-16)5-9(14)6-10(11)18-4/h5-7H,1-4H3. The van der Waals surface area contributed by atoms with Gasteiger partial charge in [-0.25, -0.2) is 4.79 Å². The number of halogens is 1. The lowest BCUT2D eigenvalue weighted by Crippen LogP contribution is -2.27. The molecule has 0 amide bonds. The highest BCUT2D eigenvalue weighted by molar-refractivity contribution is 9.10. The number of nitrogens with zero attached hydrogens (tertiary/aromatic N) is 2. The molecule has 0 aliphatic rings. The van der Waals surface area contributed by atoms with Crippen LogP contribution < -0.4 is 4.74 Å². The van der Waals surface area contributed by atoms with Crippen LogP contribution in [0.4, 0.5) is 4.79 Å². The molecule has 0 saturated carbocycles. The minimum atomic E-state index is -0.571. The number of hydrogen-bond donors (Lipinski definition) is 0. The number of carbonyl (C=O) groups excluding carboxylic acids is 1. The highest BCUT2D eigenvalue weighted by Crippen LogP contribution is 2.30. The predicted octanol–water partition coefficient (Wildman–Crippen LogP) is 3.59. The van der Waals surface area contributed by atoms with Crippen LogP contribution in [0.3, 0.4) is 0 Å². The number of ether oxygens (including phenoxy) is 2. The van der Waals surface area contributed by atoms with E-state index in [2.05, 4.69) is 21.0 Å². The number of hydrogen-bond acceptors (Lipinski definition) is 4. The number of methoxy groups -OCH3 is 1. The van der Waals surface area contributed by atoms with Crippen molar-refractivity contribution in [3.63, 3.8) is 0 Å². The van der Waals surface area contributed by atoms with Gasteiger partial charge in [0, 0.05) is 9.86 Å². The van der Waals surface area contributed by atoms with Crippen LogP contribution in [0.25, 0.3) is 10.9 Å².